The molecule has 2 rings (SSSR count). The van der Waals surface area contributed by atoms with E-state index in [1.807, 2.05) is 4.90 Å². The molecule has 0 saturated heterocycles. The summed E-state index contributed by atoms with van der Waals surface area (Å²) >= 11 is 0. The Bertz CT molecular complexity index is 270. The Morgan fingerprint density at radius 2 is 1.83 bits per heavy atom. The van der Waals surface area contributed by atoms with Gasteiger partial charge in [-0.25, -0.2) is 0 Å². The van der Waals surface area contributed by atoms with Crippen molar-refractivity contribution in [1.82, 2.24) is 4.90 Å². The van der Waals surface area contributed by atoms with Crippen molar-refractivity contribution in [1.29, 1.82) is 0 Å². The van der Waals surface area contributed by atoms with Crippen LogP contribution in [0.4, 0.5) is 0 Å². The molecular formula is C15H28N2O. The molecule has 0 aliphatic heterocycles. The average Bonchev–Trinajstić information content (AvgIpc) is 3.20. The maximum Gasteiger partial charge on any atom is 0.239 e. The van der Waals surface area contributed by atoms with Crippen LogP contribution in [0.25, 0.3) is 0 Å². The maximum atomic E-state index is 12.3. The quantitative estimate of drug-likeness (QED) is 0.789. The molecule has 0 heterocycles. The number of likely N-dealkylation sites (N-methyl/N-ethyl adjacent to an activating group) is 1. The zero-order chi connectivity index (χ0) is 13.0. The number of rotatable bonds is 6. The van der Waals surface area contributed by atoms with E-state index in [4.69, 9.17) is 5.73 Å². The molecule has 0 aromatic rings. The summed E-state index contributed by atoms with van der Waals surface area (Å²) in [6.07, 6.45) is 10.0. The normalized spacial score (nSPS) is 22.8. The zero-order valence-electron chi connectivity index (χ0n) is 11.7. The molecular weight excluding hydrogens is 224 g/mol. The first kappa shape index (κ1) is 13.9. The minimum atomic E-state index is -0.258. The maximum absolute atomic E-state index is 12.3. The number of nitrogens with zero attached hydrogens (tertiary/aromatic N) is 1. The molecule has 0 bridgehead atoms. The van der Waals surface area contributed by atoms with Gasteiger partial charge in [0.05, 0.1) is 6.04 Å². The molecule has 3 nitrogen and oxygen atoms in total. The summed E-state index contributed by atoms with van der Waals surface area (Å²) < 4.78 is 0. The Morgan fingerprint density at radius 1 is 1.17 bits per heavy atom. The van der Waals surface area contributed by atoms with Gasteiger partial charge in [-0.05, 0) is 38.0 Å². The molecule has 1 atom stereocenters. The van der Waals surface area contributed by atoms with Crippen molar-refractivity contribution < 1.29 is 4.79 Å². The summed E-state index contributed by atoms with van der Waals surface area (Å²) in [6, 6.07) is -0.258. The van der Waals surface area contributed by atoms with Gasteiger partial charge in [-0.1, -0.05) is 32.1 Å². The van der Waals surface area contributed by atoms with E-state index in [1.54, 1.807) is 0 Å². The van der Waals surface area contributed by atoms with Crippen LogP contribution in [0.5, 0.6) is 0 Å². The van der Waals surface area contributed by atoms with Crippen molar-refractivity contribution in [2.45, 2.75) is 64.3 Å². The minimum Gasteiger partial charge on any atom is -0.341 e. The van der Waals surface area contributed by atoms with Gasteiger partial charge in [-0.3, -0.25) is 4.79 Å². The molecule has 0 aromatic carbocycles. The lowest BCUT2D eigenvalue weighted by atomic mass is 9.85. The van der Waals surface area contributed by atoms with Crippen molar-refractivity contribution in [3.8, 4) is 0 Å². The number of nitrogens with two attached hydrogens (primary N) is 1. The van der Waals surface area contributed by atoms with Crippen LogP contribution in [0, 0.1) is 11.8 Å². The smallest absolute Gasteiger partial charge is 0.239 e. The van der Waals surface area contributed by atoms with Crippen LogP contribution in [0.2, 0.25) is 0 Å². The SMILES string of the molecule is CCN(CC1CC1)C(=O)C(N)CC1CCCCC1. The fourth-order valence-electron chi connectivity index (χ4n) is 3.10. The Balaban J connectivity index is 1.77. The van der Waals surface area contributed by atoms with Gasteiger partial charge in [0, 0.05) is 13.1 Å². The van der Waals surface area contributed by atoms with E-state index in [2.05, 4.69) is 6.92 Å². The molecule has 3 heteroatoms. The molecule has 1 unspecified atom stereocenters. The molecule has 0 radical (unpaired) electrons. The number of carbonyl (C=O) groups excluding carboxylic acids is 1. The zero-order valence-corrected chi connectivity index (χ0v) is 11.7. The van der Waals surface area contributed by atoms with Crippen LogP contribution in [0.3, 0.4) is 0 Å². The van der Waals surface area contributed by atoms with Gasteiger partial charge in [-0.2, -0.15) is 0 Å². The second kappa shape index (κ2) is 6.55. The second-order valence-corrected chi connectivity index (χ2v) is 6.17. The van der Waals surface area contributed by atoms with Gasteiger partial charge in [0.2, 0.25) is 5.91 Å². The molecule has 2 N–H and O–H groups in total. The summed E-state index contributed by atoms with van der Waals surface area (Å²) in [4.78, 5) is 14.3. The molecule has 0 aromatic heterocycles. The van der Waals surface area contributed by atoms with E-state index < -0.39 is 0 Å². The highest BCUT2D eigenvalue weighted by molar-refractivity contribution is 5.81. The minimum absolute atomic E-state index is 0.190. The van der Waals surface area contributed by atoms with Crippen LogP contribution in [-0.2, 0) is 4.79 Å². The summed E-state index contributed by atoms with van der Waals surface area (Å²) in [6.45, 7) is 3.81. The number of hydrogen-bond donors (Lipinski definition) is 1. The first-order valence-corrected chi connectivity index (χ1v) is 7.75. The van der Waals surface area contributed by atoms with Gasteiger partial charge in [-0.15, -0.1) is 0 Å². The first-order chi connectivity index (χ1) is 8.70. The second-order valence-electron chi connectivity index (χ2n) is 6.17. The molecule has 18 heavy (non-hydrogen) atoms. The van der Waals surface area contributed by atoms with Crippen LogP contribution in [0.15, 0.2) is 0 Å². The predicted octanol–water partition coefficient (Wildman–Crippen LogP) is 2.54. The third-order valence-corrected chi connectivity index (χ3v) is 4.50. The fraction of sp³-hybridized carbons (Fsp3) is 0.933. The third kappa shape index (κ3) is 3.98. The number of amides is 1. The average molecular weight is 252 g/mol. The van der Waals surface area contributed by atoms with E-state index in [-0.39, 0.29) is 11.9 Å². The fourth-order valence-corrected chi connectivity index (χ4v) is 3.10. The number of hydrogen-bond acceptors (Lipinski definition) is 2. The largest absolute Gasteiger partial charge is 0.341 e. The first-order valence-electron chi connectivity index (χ1n) is 7.75. The van der Waals surface area contributed by atoms with Crippen molar-refractivity contribution >= 4 is 5.91 Å². The topological polar surface area (TPSA) is 46.3 Å². The molecule has 2 saturated carbocycles. The lowest BCUT2D eigenvalue weighted by Gasteiger charge is -2.28. The summed E-state index contributed by atoms with van der Waals surface area (Å²) in [7, 11) is 0. The standard InChI is InChI=1S/C15H28N2O/c1-2-17(11-13-8-9-13)15(18)14(16)10-12-6-4-3-5-7-12/h12-14H,2-11,16H2,1H3. The van der Waals surface area contributed by atoms with Crippen LogP contribution < -0.4 is 5.73 Å². The monoisotopic (exact) mass is 252 g/mol. The van der Waals surface area contributed by atoms with E-state index >= 15 is 0 Å². The van der Waals surface area contributed by atoms with E-state index in [0.29, 0.717) is 5.92 Å². The molecule has 1 amide bonds. The van der Waals surface area contributed by atoms with Crippen molar-refractivity contribution in [3.05, 3.63) is 0 Å². The van der Waals surface area contributed by atoms with Crippen LogP contribution in [-0.4, -0.2) is 29.9 Å². The van der Waals surface area contributed by atoms with Crippen molar-refractivity contribution in [2.24, 2.45) is 17.6 Å². The molecule has 2 aliphatic carbocycles. The number of carbonyl (C=O) groups is 1. The van der Waals surface area contributed by atoms with Gasteiger partial charge < -0.3 is 10.6 Å². The third-order valence-electron chi connectivity index (χ3n) is 4.50. The highest BCUT2D eigenvalue weighted by atomic mass is 16.2. The summed E-state index contributed by atoms with van der Waals surface area (Å²) in [5, 5.41) is 0. The lowest BCUT2D eigenvalue weighted by Crippen LogP contribution is -2.45. The Labute approximate surface area is 111 Å². The summed E-state index contributed by atoms with van der Waals surface area (Å²) in [5.41, 5.74) is 6.13. The Hall–Kier alpha value is -0.570. The molecule has 2 aliphatic rings. The molecule has 104 valence electrons. The van der Waals surface area contributed by atoms with E-state index in [0.717, 1.165) is 25.4 Å². The van der Waals surface area contributed by atoms with E-state index in [9.17, 15) is 4.79 Å². The van der Waals surface area contributed by atoms with Crippen molar-refractivity contribution in [2.75, 3.05) is 13.1 Å². The van der Waals surface area contributed by atoms with Gasteiger partial charge >= 0.3 is 0 Å². The van der Waals surface area contributed by atoms with Crippen LogP contribution >= 0.6 is 0 Å². The lowest BCUT2D eigenvalue weighted by molar-refractivity contribution is -0.133. The van der Waals surface area contributed by atoms with Crippen molar-refractivity contribution in [3.63, 3.8) is 0 Å². The van der Waals surface area contributed by atoms with E-state index in [1.165, 1.54) is 44.9 Å². The van der Waals surface area contributed by atoms with Crippen LogP contribution in [0.1, 0.15) is 58.3 Å². The van der Waals surface area contributed by atoms with Gasteiger partial charge in [0.25, 0.3) is 0 Å². The highest BCUT2D eigenvalue weighted by Gasteiger charge is 2.29. The van der Waals surface area contributed by atoms with Gasteiger partial charge in [0.1, 0.15) is 0 Å². The molecule has 2 fully saturated rings. The Kier molecular flexibility index (Phi) is 5.04. The Morgan fingerprint density at radius 3 is 2.39 bits per heavy atom. The summed E-state index contributed by atoms with van der Waals surface area (Å²) in [5.74, 6) is 1.64. The highest BCUT2D eigenvalue weighted by Crippen LogP contribution is 2.30. The predicted molar refractivity (Wildman–Crippen MR) is 74.1 cm³/mol. The molecule has 0 spiro atoms. The van der Waals surface area contributed by atoms with Gasteiger partial charge in [0.15, 0.2) is 0 Å².